The standard InChI is InChI=1S/C21H18FN5O2S/c1-14-20(26-30-25-14)13-29-18-8-6-15(7-9-18)21(28)24-17-10-23-27(12-17)11-16-4-2-3-5-19(16)22/h2-10,12H,11,13H2,1H3,(H,24,28). The van der Waals surface area contributed by atoms with Crippen LogP contribution in [0.1, 0.15) is 27.3 Å². The van der Waals surface area contributed by atoms with Crippen LogP contribution in [0.5, 0.6) is 5.75 Å². The fourth-order valence-electron chi connectivity index (χ4n) is 2.75. The van der Waals surface area contributed by atoms with Crippen LogP contribution in [-0.4, -0.2) is 24.4 Å². The number of nitrogens with one attached hydrogen (secondary N) is 1. The van der Waals surface area contributed by atoms with E-state index in [0.717, 1.165) is 23.1 Å². The van der Waals surface area contributed by atoms with Gasteiger partial charge in [-0.3, -0.25) is 9.48 Å². The van der Waals surface area contributed by atoms with Crippen molar-refractivity contribution in [1.82, 2.24) is 18.5 Å². The highest BCUT2D eigenvalue weighted by atomic mass is 32.1. The number of hydrogen-bond acceptors (Lipinski definition) is 6. The molecule has 0 spiro atoms. The third-order valence-electron chi connectivity index (χ3n) is 4.42. The Labute approximate surface area is 176 Å². The van der Waals surface area contributed by atoms with E-state index in [2.05, 4.69) is 19.2 Å². The molecule has 7 nitrogen and oxygen atoms in total. The summed E-state index contributed by atoms with van der Waals surface area (Å²) < 4.78 is 29.3. The Balaban J connectivity index is 1.34. The van der Waals surface area contributed by atoms with Crippen LogP contribution in [0.25, 0.3) is 0 Å². The molecule has 2 aromatic heterocycles. The summed E-state index contributed by atoms with van der Waals surface area (Å²) in [5.74, 6) is 0.0743. The number of rotatable bonds is 7. The van der Waals surface area contributed by atoms with Crippen LogP contribution in [0.15, 0.2) is 60.9 Å². The number of anilines is 1. The first-order chi connectivity index (χ1) is 14.6. The second-order valence-corrected chi connectivity index (χ2v) is 7.11. The highest BCUT2D eigenvalue weighted by molar-refractivity contribution is 6.99. The van der Waals surface area contributed by atoms with Crippen LogP contribution in [0, 0.1) is 12.7 Å². The third-order valence-corrected chi connectivity index (χ3v) is 5.08. The fraction of sp³-hybridized carbons (Fsp3) is 0.143. The number of carbonyl (C=O) groups is 1. The van der Waals surface area contributed by atoms with Gasteiger partial charge in [-0.15, -0.1) is 0 Å². The highest BCUT2D eigenvalue weighted by Gasteiger charge is 2.10. The predicted molar refractivity (Wildman–Crippen MR) is 111 cm³/mol. The monoisotopic (exact) mass is 423 g/mol. The molecule has 2 heterocycles. The van der Waals surface area contributed by atoms with Gasteiger partial charge < -0.3 is 10.1 Å². The largest absolute Gasteiger partial charge is 0.487 e. The Morgan fingerprint density at radius 2 is 1.97 bits per heavy atom. The Morgan fingerprint density at radius 3 is 2.70 bits per heavy atom. The lowest BCUT2D eigenvalue weighted by molar-refractivity contribution is 0.102. The van der Waals surface area contributed by atoms with Crippen molar-refractivity contribution < 1.29 is 13.9 Å². The first-order valence-corrected chi connectivity index (χ1v) is 9.89. The van der Waals surface area contributed by atoms with Crippen molar-refractivity contribution in [1.29, 1.82) is 0 Å². The van der Waals surface area contributed by atoms with Crippen molar-refractivity contribution in [3.63, 3.8) is 0 Å². The van der Waals surface area contributed by atoms with Crippen molar-refractivity contribution >= 4 is 23.3 Å². The molecule has 0 aliphatic heterocycles. The van der Waals surface area contributed by atoms with Crippen molar-refractivity contribution in [3.05, 3.63) is 89.3 Å². The van der Waals surface area contributed by atoms with E-state index >= 15 is 0 Å². The van der Waals surface area contributed by atoms with Crippen LogP contribution in [0.3, 0.4) is 0 Å². The molecule has 0 fully saturated rings. The van der Waals surface area contributed by atoms with Gasteiger partial charge in [-0.1, -0.05) is 18.2 Å². The van der Waals surface area contributed by atoms with Gasteiger partial charge in [-0.25, -0.2) is 4.39 Å². The van der Waals surface area contributed by atoms with E-state index < -0.39 is 0 Å². The molecule has 152 valence electrons. The number of hydrogen-bond donors (Lipinski definition) is 1. The summed E-state index contributed by atoms with van der Waals surface area (Å²) in [6, 6.07) is 13.3. The molecule has 0 aliphatic rings. The summed E-state index contributed by atoms with van der Waals surface area (Å²) in [6.45, 7) is 2.49. The Morgan fingerprint density at radius 1 is 1.17 bits per heavy atom. The maximum absolute atomic E-state index is 13.8. The van der Waals surface area contributed by atoms with E-state index in [4.69, 9.17) is 4.74 Å². The number of amides is 1. The van der Waals surface area contributed by atoms with Gasteiger partial charge in [0.25, 0.3) is 5.91 Å². The van der Waals surface area contributed by atoms with Gasteiger partial charge in [-0.05, 0) is 37.3 Å². The molecule has 1 amide bonds. The molecule has 30 heavy (non-hydrogen) atoms. The topological polar surface area (TPSA) is 81.9 Å². The van der Waals surface area contributed by atoms with Crippen molar-refractivity contribution in [2.24, 2.45) is 0 Å². The number of carbonyl (C=O) groups excluding carboxylic acids is 1. The van der Waals surface area contributed by atoms with Crippen molar-refractivity contribution in [2.75, 3.05) is 5.32 Å². The summed E-state index contributed by atoms with van der Waals surface area (Å²) in [6.07, 6.45) is 3.19. The summed E-state index contributed by atoms with van der Waals surface area (Å²) in [4.78, 5) is 12.5. The van der Waals surface area contributed by atoms with Gasteiger partial charge in [-0.2, -0.15) is 13.8 Å². The summed E-state index contributed by atoms with van der Waals surface area (Å²) in [5, 5.41) is 6.96. The second-order valence-electron chi connectivity index (χ2n) is 6.58. The lowest BCUT2D eigenvalue weighted by atomic mass is 10.2. The fourth-order valence-corrected chi connectivity index (χ4v) is 3.31. The van der Waals surface area contributed by atoms with Crippen molar-refractivity contribution in [2.45, 2.75) is 20.1 Å². The van der Waals surface area contributed by atoms with Gasteiger partial charge in [0.2, 0.25) is 0 Å². The van der Waals surface area contributed by atoms with Gasteiger partial charge >= 0.3 is 0 Å². The molecule has 0 saturated heterocycles. The molecule has 9 heteroatoms. The first-order valence-electron chi connectivity index (χ1n) is 9.16. The van der Waals surface area contributed by atoms with Gasteiger partial charge in [0.15, 0.2) is 0 Å². The number of aryl methyl sites for hydroxylation is 1. The minimum absolute atomic E-state index is 0.272. The number of benzene rings is 2. The van der Waals surface area contributed by atoms with Crippen LogP contribution in [0.4, 0.5) is 10.1 Å². The summed E-state index contributed by atoms with van der Waals surface area (Å²) >= 11 is 1.15. The van der Waals surface area contributed by atoms with Crippen LogP contribution in [-0.2, 0) is 13.2 Å². The molecule has 1 N–H and O–H groups in total. The number of halogens is 1. The molecule has 4 aromatic rings. The van der Waals surface area contributed by atoms with E-state index in [-0.39, 0.29) is 18.3 Å². The molecule has 2 aromatic carbocycles. The van der Waals surface area contributed by atoms with E-state index in [1.807, 2.05) is 6.92 Å². The highest BCUT2D eigenvalue weighted by Crippen LogP contribution is 2.17. The summed E-state index contributed by atoms with van der Waals surface area (Å²) in [5.41, 5.74) is 3.19. The molecule has 0 aliphatic carbocycles. The Bertz CT molecular complexity index is 1160. The molecule has 0 bridgehead atoms. The smallest absolute Gasteiger partial charge is 0.255 e. The molecular formula is C21H18FN5O2S. The molecular weight excluding hydrogens is 405 g/mol. The SMILES string of the molecule is Cc1nsnc1COc1ccc(C(=O)Nc2cnn(Cc3ccccc3F)c2)cc1. The zero-order valence-electron chi connectivity index (χ0n) is 16.1. The zero-order chi connectivity index (χ0) is 20.9. The first kappa shape index (κ1) is 19.7. The predicted octanol–water partition coefficient (Wildman–Crippen LogP) is 4.06. The van der Waals surface area contributed by atoms with Crippen LogP contribution < -0.4 is 10.1 Å². The van der Waals surface area contributed by atoms with Gasteiger partial charge in [0.1, 0.15) is 23.9 Å². The molecule has 0 atom stereocenters. The van der Waals surface area contributed by atoms with Gasteiger partial charge in [0.05, 0.1) is 35.9 Å². The zero-order valence-corrected chi connectivity index (χ0v) is 16.9. The molecule has 0 saturated carbocycles. The molecule has 0 unspecified atom stereocenters. The molecule has 0 radical (unpaired) electrons. The van der Waals surface area contributed by atoms with E-state index in [1.165, 1.54) is 12.3 Å². The second kappa shape index (κ2) is 8.83. The van der Waals surface area contributed by atoms with E-state index in [0.29, 0.717) is 29.2 Å². The third kappa shape index (κ3) is 4.69. The van der Waals surface area contributed by atoms with Crippen molar-refractivity contribution in [3.8, 4) is 5.75 Å². The van der Waals surface area contributed by atoms with Crippen LogP contribution >= 0.6 is 11.7 Å². The minimum atomic E-state index is -0.290. The van der Waals surface area contributed by atoms with Gasteiger partial charge in [0, 0.05) is 17.3 Å². The number of aromatic nitrogens is 4. The normalized spacial score (nSPS) is 10.7. The maximum atomic E-state index is 13.8. The van der Waals surface area contributed by atoms with E-state index in [9.17, 15) is 9.18 Å². The maximum Gasteiger partial charge on any atom is 0.255 e. The average Bonchev–Trinajstić information content (AvgIpc) is 3.37. The Hall–Kier alpha value is -3.59. The minimum Gasteiger partial charge on any atom is -0.487 e. The number of ether oxygens (including phenoxy) is 1. The lowest BCUT2D eigenvalue weighted by Gasteiger charge is -2.06. The Kier molecular flexibility index (Phi) is 5.80. The van der Waals surface area contributed by atoms with E-state index in [1.54, 1.807) is 53.3 Å². The van der Waals surface area contributed by atoms with Crippen LogP contribution in [0.2, 0.25) is 0 Å². The number of nitrogens with zero attached hydrogens (tertiary/aromatic N) is 4. The lowest BCUT2D eigenvalue weighted by Crippen LogP contribution is -2.11. The quantitative estimate of drug-likeness (QED) is 0.485. The average molecular weight is 423 g/mol. The molecule has 4 rings (SSSR count). The summed E-state index contributed by atoms with van der Waals surface area (Å²) in [7, 11) is 0.